The maximum absolute atomic E-state index is 4.33. The van der Waals surface area contributed by atoms with Crippen LogP contribution in [-0.2, 0) is 19.9 Å². The predicted octanol–water partition coefficient (Wildman–Crippen LogP) is 2.72. The van der Waals surface area contributed by atoms with Crippen molar-refractivity contribution in [1.82, 2.24) is 20.1 Å². The van der Waals surface area contributed by atoms with Crippen LogP contribution in [0.4, 0.5) is 0 Å². The normalized spacial score (nSPS) is 12.8. The van der Waals surface area contributed by atoms with E-state index in [4.69, 9.17) is 0 Å². The molecular formula is C14H22N4S. The van der Waals surface area contributed by atoms with Crippen molar-refractivity contribution < 1.29 is 0 Å². The first-order valence-corrected chi connectivity index (χ1v) is 7.71. The molecule has 0 aliphatic heterocycles. The third kappa shape index (κ3) is 3.64. The monoisotopic (exact) mass is 278 g/mol. The molecule has 2 rings (SSSR count). The number of aromatic nitrogens is 3. The summed E-state index contributed by atoms with van der Waals surface area (Å²) in [5, 5.41) is 7.76. The van der Waals surface area contributed by atoms with Gasteiger partial charge in [-0.2, -0.15) is 5.10 Å². The molecule has 0 amide bonds. The summed E-state index contributed by atoms with van der Waals surface area (Å²) in [5.41, 5.74) is 0. The fourth-order valence-electron chi connectivity index (χ4n) is 2.05. The van der Waals surface area contributed by atoms with Crippen LogP contribution in [0.25, 0.3) is 0 Å². The fraction of sp³-hybridized carbons (Fsp3) is 0.571. The fourth-order valence-corrected chi connectivity index (χ4v) is 3.08. The van der Waals surface area contributed by atoms with Gasteiger partial charge < -0.3 is 5.32 Å². The minimum atomic E-state index is 0.341. The van der Waals surface area contributed by atoms with Crippen molar-refractivity contribution in [3.8, 4) is 0 Å². The van der Waals surface area contributed by atoms with Gasteiger partial charge in [0.1, 0.15) is 12.2 Å². The summed E-state index contributed by atoms with van der Waals surface area (Å²) in [6.45, 7) is 5.42. The van der Waals surface area contributed by atoms with Crippen LogP contribution >= 0.6 is 11.3 Å². The van der Waals surface area contributed by atoms with E-state index < -0.39 is 0 Å². The Bertz CT molecular complexity index is 503. The number of rotatable bonds is 7. The number of nitrogens with one attached hydrogen (secondary N) is 1. The van der Waals surface area contributed by atoms with E-state index in [1.807, 2.05) is 23.1 Å². The summed E-state index contributed by atoms with van der Waals surface area (Å²) >= 11 is 1.90. The van der Waals surface area contributed by atoms with Gasteiger partial charge in [-0.3, -0.25) is 4.68 Å². The molecule has 0 spiro atoms. The van der Waals surface area contributed by atoms with Crippen molar-refractivity contribution in [2.75, 3.05) is 6.54 Å². The third-order valence-corrected chi connectivity index (χ3v) is 4.55. The average Bonchev–Trinajstić information content (AvgIpc) is 3.04. The van der Waals surface area contributed by atoms with Crippen LogP contribution < -0.4 is 5.32 Å². The Morgan fingerprint density at radius 3 is 2.79 bits per heavy atom. The summed E-state index contributed by atoms with van der Waals surface area (Å²) in [6, 6.07) is 4.82. The number of nitrogens with zero attached hydrogens (tertiary/aromatic N) is 3. The molecule has 2 heterocycles. The van der Waals surface area contributed by atoms with Gasteiger partial charge in [0, 0.05) is 29.3 Å². The molecule has 0 aromatic carbocycles. The predicted molar refractivity (Wildman–Crippen MR) is 79.4 cm³/mol. The van der Waals surface area contributed by atoms with Gasteiger partial charge in [0.15, 0.2) is 0 Å². The molecule has 19 heavy (non-hydrogen) atoms. The summed E-state index contributed by atoms with van der Waals surface area (Å²) in [6.07, 6.45) is 4.76. The lowest BCUT2D eigenvalue weighted by Crippen LogP contribution is -2.24. The van der Waals surface area contributed by atoms with Crippen LogP contribution in [0.5, 0.6) is 0 Å². The smallest absolute Gasteiger partial charge is 0.138 e. The van der Waals surface area contributed by atoms with Gasteiger partial charge in [0.05, 0.1) is 0 Å². The Kier molecular flexibility index (Phi) is 5.10. The molecule has 0 fully saturated rings. The van der Waals surface area contributed by atoms with Crippen molar-refractivity contribution in [3.63, 3.8) is 0 Å². The van der Waals surface area contributed by atoms with E-state index in [9.17, 15) is 0 Å². The van der Waals surface area contributed by atoms with Gasteiger partial charge >= 0.3 is 0 Å². The van der Waals surface area contributed by atoms with E-state index in [0.717, 1.165) is 31.6 Å². The second kappa shape index (κ2) is 6.82. The van der Waals surface area contributed by atoms with E-state index in [2.05, 4.69) is 41.4 Å². The third-order valence-electron chi connectivity index (χ3n) is 3.21. The Morgan fingerprint density at radius 2 is 2.21 bits per heavy atom. The van der Waals surface area contributed by atoms with E-state index in [1.165, 1.54) is 9.75 Å². The molecule has 0 aliphatic rings. The molecular weight excluding hydrogens is 256 g/mol. The molecule has 5 heteroatoms. The minimum Gasteiger partial charge on any atom is -0.309 e. The molecule has 4 nitrogen and oxygen atoms in total. The molecule has 0 saturated heterocycles. The molecule has 1 unspecified atom stereocenters. The van der Waals surface area contributed by atoms with Gasteiger partial charge in [-0.15, -0.1) is 11.3 Å². The number of thiophene rings is 1. The Morgan fingerprint density at radius 1 is 1.37 bits per heavy atom. The highest BCUT2D eigenvalue weighted by Crippen LogP contribution is 2.26. The minimum absolute atomic E-state index is 0.341. The average molecular weight is 278 g/mol. The topological polar surface area (TPSA) is 42.7 Å². The Labute approximate surface area is 118 Å². The highest BCUT2D eigenvalue weighted by Gasteiger charge is 2.16. The second-order valence-electron chi connectivity index (χ2n) is 4.67. The zero-order valence-electron chi connectivity index (χ0n) is 11.9. The highest BCUT2D eigenvalue weighted by atomic mass is 32.1. The molecule has 2 aromatic rings. The zero-order chi connectivity index (χ0) is 13.7. The highest BCUT2D eigenvalue weighted by molar-refractivity contribution is 7.12. The van der Waals surface area contributed by atoms with Crippen LogP contribution in [0.3, 0.4) is 0 Å². The number of hydrogen-bond acceptors (Lipinski definition) is 4. The Balaban J connectivity index is 2.13. The largest absolute Gasteiger partial charge is 0.309 e. The van der Waals surface area contributed by atoms with Crippen LogP contribution in [0.15, 0.2) is 18.5 Å². The zero-order valence-corrected chi connectivity index (χ0v) is 12.7. The van der Waals surface area contributed by atoms with Crippen LogP contribution in [0.2, 0.25) is 0 Å². The van der Waals surface area contributed by atoms with Gasteiger partial charge in [0.2, 0.25) is 0 Å². The van der Waals surface area contributed by atoms with Crippen molar-refractivity contribution in [1.29, 1.82) is 0 Å². The molecule has 0 saturated carbocycles. The molecule has 1 atom stereocenters. The molecule has 1 N–H and O–H groups in total. The molecule has 2 aromatic heterocycles. The summed E-state index contributed by atoms with van der Waals surface area (Å²) in [4.78, 5) is 7.17. The maximum Gasteiger partial charge on any atom is 0.138 e. The van der Waals surface area contributed by atoms with Gasteiger partial charge in [-0.1, -0.05) is 13.8 Å². The SMILES string of the molecule is CCCNC(Cc1ncnn1C)c1ccc(CC)s1. The molecule has 104 valence electrons. The van der Waals surface area contributed by atoms with E-state index in [1.54, 1.807) is 6.33 Å². The van der Waals surface area contributed by atoms with Gasteiger partial charge in [-0.25, -0.2) is 4.98 Å². The molecule has 0 aliphatic carbocycles. The van der Waals surface area contributed by atoms with Crippen molar-refractivity contribution in [2.45, 2.75) is 39.2 Å². The maximum atomic E-state index is 4.33. The summed E-state index contributed by atoms with van der Waals surface area (Å²) < 4.78 is 1.86. The first kappa shape index (κ1) is 14.2. The van der Waals surface area contributed by atoms with Gasteiger partial charge in [-0.05, 0) is 31.5 Å². The van der Waals surface area contributed by atoms with E-state index in [-0.39, 0.29) is 0 Å². The summed E-state index contributed by atoms with van der Waals surface area (Å²) in [7, 11) is 1.95. The van der Waals surface area contributed by atoms with Crippen LogP contribution in [0, 0.1) is 0 Å². The van der Waals surface area contributed by atoms with Crippen LogP contribution in [0.1, 0.15) is 41.9 Å². The lowest BCUT2D eigenvalue weighted by atomic mass is 10.1. The quantitative estimate of drug-likeness (QED) is 0.847. The Hall–Kier alpha value is -1.20. The lowest BCUT2D eigenvalue weighted by Gasteiger charge is -2.16. The van der Waals surface area contributed by atoms with Crippen molar-refractivity contribution >= 4 is 11.3 Å². The second-order valence-corrected chi connectivity index (χ2v) is 5.87. The van der Waals surface area contributed by atoms with E-state index >= 15 is 0 Å². The standard InChI is InChI=1S/C14H22N4S/c1-4-8-15-12(9-14-16-10-17-18(14)3)13-7-6-11(5-2)19-13/h6-7,10,12,15H,4-5,8-9H2,1-3H3. The number of aryl methyl sites for hydroxylation is 2. The lowest BCUT2D eigenvalue weighted by molar-refractivity contribution is 0.513. The first-order valence-electron chi connectivity index (χ1n) is 6.89. The van der Waals surface area contributed by atoms with Crippen molar-refractivity contribution in [3.05, 3.63) is 34.0 Å². The van der Waals surface area contributed by atoms with Crippen LogP contribution in [-0.4, -0.2) is 21.3 Å². The van der Waals surface area contributed by atoms with E-state index in [0.29, 0.717) is 6.04 Å². The van der Waals surface area contributed by atoms with Crippen molar-refractivity contribution in [2.24, 2.45) is 7.05 Å². The number of hydrogen-bond donors (Lipinski definition) is 1. The van der Waals surface area contributed by atoms with Gasteiger partial charge in [0.25, 0.3) is 0 Å². The molecule has 0 bridgehead atoms. The molecule has 0 radical (unpaired) electrons. The summed E-state index contributed by atoms with van der Waals surface area (Å²) in [5.74, 6) is 1.03. The first-order chi connectivity index (χ1) is 9.24.